The second kappa shape index (κ2) is 5.78. The van der Waals surface area contributed by atoms with Gasteiger partial charge in [-0.25, -0.2) is 0 Å². The summed E-state index contributed by atoms with van der Waals surface area (Å²) in [5.41, 5.74) is 4.02. The number of rotatable bonds is 4. The van der Waals surface area contributed by atoms with Crippen LogP contribution >= 0.6 is 0 Å². The van der Waals surface area contributed by atoms with Gasteiger partial charge in [-0.3, -0.25) is 4.79 Å². The van der Waals surface area contributed by atoms with E-state index in [9.17, 15) is 9.90 Å². The van der Waals surface area contributed by atoms with Crippen molar-refractivity contribution >= 4 is 11.5 Å². The molecule has 3 nitrogen and oxygen atoms in total. The third kappa shape index (κ3) is 3.38. The molecule has 20 heavy (non-hydrogen) atoms. The van der Waals surface area contributed by atoms with Gasteiger partial charge in [0.2, 0.25) is 0 Å². The molecule has 0 radical (unpaired) electrons. The Morgan fingerprint density at radius 1 is 1.05 bits per heavy atom. The summed E-state index contributed by atoms with van der Waals surface area (Å²) >= 11 is 0. The second-order valence-corrected chi connectivity index (χ2v) is 5.17. The first kappa shape index (κ1) is 14.1. The molecule has 2 aromatic carbocycles. The maximum absolute atomic E-state index is 12.2. The van der Waals surface area contributed by atoms with Crippen molar-refractivity contribution in [3.8, 4) is 5.75 Å². The van der Waals surface area contributed by atoms with Gasteiger partial charge in [-0.05, 0) is 61.4 Å². The second-order valence-electron chi connectivity index (χ2n) is 5.17. The zero-order valence-corrected chi connectivity index (χ0v) is 12.1. The van der Waals surface area contributed by atoms with Crippen LogP contribution in [0, 0.1) is 13.8 Å². The average Bonchev–Trinajstić information content (AvgIpc) is 2.38. The first-order valence-corrected chi connectivity index (χ1v) is 6.57. The number of Topliss-reactive ketones (excluding diaryl/α,β-unsaturated/α-hetero) is 1. The summed E-state index contributed by atoms with van der Waals surface area (Å²) in [6, 6.07) is 12.6. The van der Waals surface area contributed by atoms with Gasteiger partial charge in [0.05, 0.1) is 6.54 Å². The summed E-state index contributed by atoms with van der Waals surface area (Å²) in [5.74, 6) is 0.205. The maximum Gasteiger partial charge on any atom is 0.182 e. The van der Waals surface area contributed by atoms with Gasteiger partial charge in [-0.2, -0.15) is 0 Å². The molecule has 0 amide bonds. The highest BCUT2D eigenvalue weighted by atomic mass is 16.3. The van der Waals surface area contributed by atoms with Gasteiger partial charge < -0.3 is 10.0 Å². The first-order chi connectivity index (χ1) is 9.45. The standard InChI is InChI=1S/C17H19NO2/c1-12-8-13(2)10-15(9-12)18(3)11-17(20)14-4-6-16(19)7-5-14/h4-10,19H,11H2,1-3H3. The molecule has 0 aliphatic carbocycles. The average molecular weight is 269 g/mol. The number of anilines is 1. The van der Waals surface area contributed by atoms with E-state index in [1.165, 1.54) is 23.3 Å². The SMILES string of the molecule is Cc1cc(C)cc(N(C)CC(=O)c2ccc(O)cc2)c1. The Morgan fingerprint density at radius 3 is 2.15 bits per heavy atom. The Labute approximate surface area is 119 Å². The van der Waals surface area contributed by atoms with Crippen molar-refractivity contribution in [2.45, 2.75) is 13.8 Å². The molecule has 1 N–H and O–H groups in total. The number of phenols is 1. The number of hydrogen-bond acceptors (Lipinski definition) is 3. The summed E-state index contributed by atoms with van der Waals surface area (Å²) in [6.07, 6.45) is 0. The number of benzene rings is 2. The quantitative estimate of drug-likeness (QED) is 0.865. The van der Waals surface area contributed by atoms with E-state index in [1.807, 2.05) is 25.8 Å². The lowest BCUT2D eigenvalue weighted by Crippen LogP contribution is -2.25. The number of aromatic hydroxyl groups is 1. The molecule has 0 atom stereocenters. The zero-order chi connectivity index (χ0) is 14.7. The van der Waals surface area contributed by atoms with Crippen LogP contribution in [0.3, 0.4) is 0 Å². The highest BCUT2D eigenvalue weighted by Gasteiger charge is 2.10. The third-order valence-corrected chi connectivity index (χ3v) is 3.22. The van der Waals surface area contributed by atoms with E-state index in [4.69, 9.17) is 0 Å². The molecule has 2 aromatic rings. The molecule has 0 unspecified atom stereocenters. The first-order valence-electron chi connectivity index (χ1n) is 6.57. The van der Waals surface area contributed by atoms with Crippen LogP contribution in [0.15, 0.2) is 42.5 Å². The van der Waals surface area contributed by atoms with Crippen molar-refractivity contribution in [2.75, 3.05) is 18.5 Å². The molecule has 0 aromatic heterocycles. The molecule has 3 heteroatoms. The van der Waals surface area contributed by atoms with Crippen LogP contribution in [0.5, 0.6) is 5.75 Å². The lowest BCUT2D eigenvalue weighted by atomic mass is 10.1. The van der Waals surface area contributed by atoms with E-state index in [2.05, 4.69) is 18.2 Å². The van der Waals surface area contributed by atoms with Crippen molar-refractivity contribution in [3.05, 3.63) is 59.2 Å². The van der Waals surface area contributed by atoms with E-state index in [0.717, 1.165) is 5.69 Å². The minimum absolute atomic E-state index is 0.0339. The van der Waals surface area contributed by atoms with E-state index >= 15 is 0 Å². The Bertz CT molecular complexity index is 597. The fraction of sp³-hybridized carbons (Fsp3) is 0.235. The molecule has 0 spiro atoms. The zero-order valence-electron chi connectivity index (χ0n) is 12.1. The van der Waals surface area contributed by atoms with Crippen LogP contribution in [0.4, 0.5) is 5.69 Å². The van der Waals surface area contributed by atoms with Gasteiger partial charge in [-0.15, -0.1) is 0 Å². The molecule has 104 valence electrons. The summed E-state index contributed by atoms with van der Waals surface area (Å²) in [4.78, 5) is 14.1. The predicted octanol–water partition coefficient (Wildman–Crippen LogP) is 3.33. The predicted molar refractivity (Wildman–Crippen MR) is 81.6 cm³/mol. The van der Waals surface area contributed by atoms with E-state index in [0.29, 0.717) is 12.1 Å². The topological polar surface area (TPSA) is 40.5 Å². The Kier molecular flexibility index (Phi) is 4.08. The number of likely N-dealkylation sites (N-methyl/N-ethyl adjacent to an activating group) is 1. The van der Waals surface area contributed by atoms with E-state index in [1.54, 1.807) is 12.1 Å². The largest absolute Gasteiger partial charge is 0.508 e. The van der Waals surface area contributed by atoms with Crippen molar-refractivity contribution in [2.24, 2.45) is 0 Å². The van der Waals surface area contributed by atoms with Gasteiger partial charge in [0, 0.05) is 18.3 Å². The summed E-state index contributed by atoms with van der Waals surface area (Å²) in [7, 11) is 1.91. The molecule has 0 bridgehead atoms. The minimum atomic E-state index is 0.0339. The lowest BCUT2D eigenvalue weighted by molar-refractivity contribution is 0.100. The molecule has 0 fully saturated rings. The Balaban J connectivity index is 2.12. The number of carbonyl (C=O) groups excluding carboxylic acids is 1. The smallest absolute Gasteiger partial charge is 0.182 e. The fourth-order valence-corrected chi connectivity index (χ4v) is 2.22. The van der Waals surface area contributed by atoms with Crippen LogP contribution < -0.4 is 4.90 Å². The maximum atomic E-state index is 12.2. The van der Waals surface area contributed by atoms with Crippen LogP contribution in [0.1, 0.15) is 21.5 Å². The van der Waals surface area contributed by atoms with Crippen molar-refractivity contribution in [1.29, 1.82) is 0 Å². The van der Waals surface area contributed by atoms with Crippen molar-refractivity contribution in [3.63, 3.8) is 0 Å². The molecular weight excluding hydrogens is 250 g/mol. The van der Waals surface area contributed by atoms with Gasteiger partial charge in [-0.1, -0.05) is 6.07 Å². The number of nitrogens with zero attached hydrogens (tertiary/aromatic N) is 1. The molecule has 0 heterocycles. The van der Waals surface area contributed by atoms with Crippen molar-refractivity contribution in [1.82, 2.24) is 0 Å². The van der Waals surface area contributed by atoms with Gasteiger partial charge in [0.25, 0.3) is 0 Å². The summed E-state index contributed by atoms with van der Waals surface area (Å²) < 4.78 is 0. The van der Waals surface area contributed by atoms with Gasteiger partial charge in [0.1, 0.15) is 5.75 Å². The molecule has 0 aliphatic rings. The van der Waals surface area contributed by atoms with E-state index in [-0.39, 0.29) is 11.5 Å². The van der Waals surface area contributed by atoms with Crippen LogP contribution in [-0.2, 0) is 0 Å². The van der Waals surface area contributed by atoms with Gasteiger partial charge >= 0.3 is 0 Å². The molecule has 0 saturated carbocycles. The normalized spacial score (nSPS) is 10.3. The highest BCUT2D eigenvalue weighted by Crippen LogP contribution is 2.18. The van der Waals surface area contributed by atoms with Crippen molar-refractivity contribution < 1.29 is 9.90 Å². The number of carbonyl (C=O) groups is 1. The number of aryl methyl sites for hydroxylation is 2. The van der Waals surface area contributed by atoms with Gasteiger partial charge in [0.15, 0.2) is 5.78 Å². The lowest BCUT2D eigenvalue weighted by Gasteiger charge is -2.19. The number of phenolic OH excluding ortho intramolecular Hbond substituents is 1. The fourth-order valence-electron chi connectivity index (χ4n) is 2.22. The van der Waals surface area contributed by atoms with Crippen LogP contribution in [-0.4, -0.2) is 24.5 Å². The third-order valence-electron chi connectivity index (χ3n) is 3.22. The minimum Gasteiger partial charge on any atom is -0.508 e. The summed E-state index contributed by atoms with van der Waals surface area (Å²) in [6.45, 7) is 4.41. The number of hydrogen-bond donors (Lipinski definition) is 1. The van der Waals surface area contributed by atoms with E-state index < -0.39 is 0 Å². The Morgan fingerprint density at radius 2 is 1.60 bits per heavy atom. The highest BCUT2D eigenvalue weighted by molar-refractivity contribution is 5.99. The molecule has 0 saturated heterocycles. The Hall–Kier alpha value is -2.29. The molecule has 2 rings (SSSR count). The molecule has 0 aliphatic heterocycles. The summed E-state index contributed by atoms with van der Waals surface area (Å²) in [5, 5.41) is 9.24. The monoisotopic (exact) mass is 269 g/mol. The van der Waals surface area contributed by atoms with Crippen LogP contribution in [0.2, 0.25) is 0 Å². The van der Waals surface area contributed by atoms with Crippen LogP contribution in [0.25, 0.3) is 0 Å². The molecular formula is C17H19NO2. The number of ketones is 1.